The maximum absolute atomic E-state index is 5.67. The van der Waals surface area contributed by atoms with Crippen molar-refractivity contribution in [1.82, 2.24) is 15.3 Å². The maximum atomic E-state index is 5.67. The van der Waals surface area contributed by atoms with E-state index in [9.17, 15) is 0 Å². The smallest absolute Gasteiger partial charge is 0.232 e. The molecule has 94 valence electrons. The van der Waals surface area contributed by atoms with Crippen molar-refractivity contribution in [3.63, 3.8) is 0 Å². The van der Waals surface area contributed by atoms with Crippen LogP contribution in [0, 0.1) is 5.92 Å². The molecule has 3 rings (SSSR count). The lowest BCUT2D eigenvalue weighted by molar-refractivity contribution is 0.274. The number of hydrogen-bond acceptors (Lipinski definition) is 4. The van der Waals surface area contributed by atoms with Crippen molar-refractivity contribution in [3.8, 4) is 5.88 Å². The first-order valence-electron chi connectivity index (χ1n) is 6.47. The Morgan fingerprint density at radius 2 is 2.17 bits per heavy atom. The van der Waals surface area contributed by atoms with Crippen LogP contribution < -0.4 is 10.1 Å². The molecule has 0 saturated carbocycles. The summed E-state index contributed by atoms with van der Waals surface area (Å²) < 4.78 is 5.67. The summed E-state index contributed by atoms with van der Waals surface area (Å²) in [5, 5.41) is 3.36. The summed E-state index contributed by atoms with van der Waals surface area (Å²) in [6.45, 7) is 2.98. The van der Waals surface area contributed by atoms with Crippen LogP contribution in [0.3, 0.4) is 0 Å². The molecule has 0 aliphatic carbocycles. The van der Waals surface area contributed by atoms with Gasteiger partial charge in [-0.15, -0.1) is 0 Å². The van der Waals surface area contributed by atoms with Crippen LogP contribution in [-0.4, -0.2) is 29.7 Å². The van der Waals surface area contributed by atoms with Gasteiger partial charge in [0.2, 0.25) is 5.88 Å². The second-order valence-corrected chi connectivity index (χ2v) is 4.69. The summed E-state index contributed by atoms with van der Waals surface area (Å²) in [6.07, 6.45) is 4.05. The van der Waals surface area contributed by atoms with Crippen LogP contribution in [0.15, 0.2) is 30.5 Å². The first kappa shape index (κ1) is 11.4. The van der Waals surface area contributed by atoms with E-state index in [1.807, 2.05) is 24.3 Å². The Kier molecular flexibility index (Phi) is 3.37. The normalized spacial score (nSPS) is 19.2. The van der Waals surface area contributed by atoms with E-state index in [1.165, 1.54) is 6.42 Å². The van der Waals surface area contributed by atoms with Gasteiger partial charge in [-0.2, -0.15) is 0 Å². The van der Waals surface area contributed by atoms with Gasteiger partial charge in [-0.1, -0.05) is 12.1 Å². The Labute approximate surface area is 106 Å². The van der Waals surface area contributed by atoms with Crippen molar-refractivity contribution in [2.45, 2.75) is 12.8 Å². The second kappa shape index (κ2) is 5.31. The van der Waals surface area contributed by atoms with E-state index in [0.29, 0.717) is 5.88 Å². The molecule has 0 amide bonds. The molecule has 4 nitrogen and oxygen atoms in total. The molecule has 0 bridgehead atoms. The Hall–Kier alpha value is -1.68. The number of fused-ring (bicyclic) bond motifs is 1. The van der Waals surface area contributed by atoms with Crippen molar-refractivity contribution in [1.29, 1.82) is 0 Å². The van der Waals surface area contributed by atoms with Gasteiger partial charge < -0.3 is 10.1 Å². The minimum Gasteiger partial charge on any atom is -0.477 e. The third kappa shape index (κ3) is 2.59. The molecule has 1 aromatic carbocycles. The number of rotatable bonds is 4. The highest BCUT2D eigenvalue weighted by molar-refractivity contribution is 5.73. The van der Waals surface area contributed by atoms with E-state index in [0.717, 1.165) is 43.1 Å². The summed E-state index contributed by atoms with van der Waals surface area (Å²) in [7, 11) is 0. The van der Waals surface area contributed by atoms with Crippen LogP contribution in [0.5, 0.6) is 5.88 Å². The highest BCUT2D eigenvalue weighted by Gasteiger charge is 2.14. The van der Waals surface area contributed by atoms with E-state index in [1.54, 1.807) is 6.20 Å². The van der Waals surface area contributed by atoms with Gasteiger partial charge in [-0.3, -0.25) is 0 Å². The van der Waals surface area contributed by atoms with Crippen LogP contribution in [0.2, 0.25) is 0 Å². The first-order chi connectivity index (χ1) is 8.92. The van der Waals surface area contributed by atoms with Gasteiger partial charge in [-0.05, 0) is 44.0 Å². The van der Waals surface area contributed by atoms with Gasteiger partial charge in [0.1, 0.15) is 0 Å². The number of ether oxygens (including phenoxy) is 1. The first-order valence-corrected chi connectivity index (χ1v) is 6.47. The fourth-order valence-corrected chi connectivity index (χ4v) is 2.30. The third-order valence-electron chi connectivity index (χ3n) is 3.36. The monoisotopic (exact) mass is 243 g/mol. The summed E-state index contributed by atoms with van der Waals surface area (Å²) >= 11 is 0. The van der Waals surface area contributed by atoms with E-state index in [-0.39, 0.29) is 0 Å². The second-order valence-electron chi connectivity index (χ2n) is 4.69. The molecule has 18 heavy (non-hydrogen) atoms. The summed E-state index contributed by atoms with van der Waals surface area (Å²) in [5.74, 6) is 1.37. The zero-order chi connectivity index (χ0) is 12.2. The fourth-order valence-electron chi connectivity index (χ4n) is 2.30. The molecule has 0 radical (unpaired) electrons. The molecular formula is C14H17N3O. The van der Waals surface area contributed by atoms with Crippen LogP contribution in [0.25, 0.3) is 11.0 Å². The molecule has 2 aromatic rings. The Morgan fingerprint density at radius 3 is 3.00 bits per heavy atom. The molecule has 2 heterocycles. The van der Waals surface area contributed by atoms with E-state index in [4.69, 9.17) is 4.74 Å². The van der Waals surface area contributed by atoms with Gasteiger partial charge in [0.25, 0.3) is 0 Å². The lowest BCUT2D eigenvalue weighted by atomic mass is 10.1. The predicted molar refractivity (Wildman–Crippen MR) is 70.6 cm³/mol. The van der Waals surface area contributed by atoms with Gasteiger partial charge in [0, 0.05) is 0 Å². The average molecular weight is 243 g/mol. The quantitative estimate of drug-likeness (QED) is 0.892. The molecule has 1 aliphatic rings. The lowest BCUT2D eigenvalue weighted by Gasteiger charge is -2.09. The van der Waals surface area contributed by atoms with Crippen LogP contribution in [-0.2, 0) is 0 Å². The maximum Gasteiger partial charge on any atom is 0.232 e. The Morgan fingerprint density at radius 1 is 1.28 bits per heavy atom. The number of nitrogens with one attached hydrogen (secondary N) is 1. The molecule has 1 saturated heterocycles. The topological polar surface area (TPSA) is 47.0 Å². The number of aromatic nitrogens is 2. The Balaban J connectivity index is 1.60. The van der Waals surface area contributed by atoms with E-state index in [2.05, 4.69) is 15.3 Å². The molecule has 4 heteroatoms. The number of nitrogens with zero attached hydrogens (tertiary/aromatic N) is 2. The molecule has 1 N–H and O–H groups in total. The van der Waals surface area contributed by atoms with Gasteiger partial charge in [0.05, 0.1) is 23.8 Å². The molecule has 1 fully saturated rings. The van der Waals surface area contributed by atoms with Crippen molar-refractivity contribution in [2.75, 3.05) is 19.7 Å². The van der Waals surface area contributed by atoms with Crippen LogP contribution in [0.4, 0.5) is 0 Å². The van der Waals surface area contributed by atoms with Gasteiger partial charge in [-0.25, -0.2) is 9.97 Å². The fraction of sp³-hybridized carbons (Fsp3) is 0.429. The van der Waals surface area contributed by atoms with Crippen molar-refractivity contribution in [3.05, 3.63) is 30.5 Å². The Bertz CT molecular complexity index is 523. The lowest BCUT2D eigenvalue weighted by Crippen LogP contribution is -2.12. The SMILES string of the molecule is c1ccc2nc(OCCC3CCNC3)cnc2c1. The zero-order valence-corrected chi connectivity index (χ0v) is 10.3. The summed E-state index contributed by atoms with van der Waals surface area (Å²) in [5.41, 5.74) is 1.79. The number of para-hydroxylation sites is 2. The minimum absolute atomic E-state index is 0.625. The molecule has 1 aliphatic heterocycles. The number of hydrogen-bond donors (Lipinski definition) is 1. The summed E-state index contributed by atoms with van der Waals surface area (Å²) in [4.78, 5) is 8.77. The van der Waals surface area contributed by atoms with E-state index < -0.39 is 0 Å². The highest BCUT2D eigenvalue weighted by atomic mass is 16.5. The van der Waals surface area contributed by atoms with Gasteiger partial charge >= 0.3 is 0 Å². The molecule has 1 atom stereocenters. The standard InChI is InChI=1S/C14H17N3O/c1-2-4-13-12(3-1)16-10-14(17-13)18-8-6-11-5-7-15-9-11/h1-4,10-11,15H,5-9H2. The number of benzene rings is 1. The average Bonchev–Trinajstić information content (AvgIpc) is 2.92. The van der Waals surface area contributed by atoms with Crippen LogP contribution in [0.1, 0.15) is 12.8 Å². The third-order valence-corrected chi connectivity index (χ3v) is 3.36. The van der Waals surface area contributed by atoms with E-state index >= 15 is 0 Å². The largest absolute Gasteiger partial charge is 0.477 e. The van der Waals surface area contributed by atoms with Crippen molar-refractivity contribution >= 4 is 11.0 Å². The van der Waals surface area contributed by atoms with Crippen molar-refractivity contribution in [2.24, 2.45) is 5.92 Å². The van der Waals surface area contributed by atoms with Gasteiger partial charge in [0.15, 0.2) is 0 Å². The minimum atomic E-state index is 0.625. The predicted octanol–water partition coefficient (Wildman–Crippen LogP) is 2.01. The molecule has 1 unspecified atom stereocenters. The molecular weight excluding hydrogens is 226 g/mol. The highest BCUT2D eigenvalue weighted by Crippen LogP contribution is 2.15. The van der Waals surface area contributed by atoms with Crippen LogP contribution >= 0.6 is 0 Å². The van der Waals surface area contributed by atoms with Crippen molar-refractivity contribution < 1.29 is 4.74 Å². The molecule has 1 aromatic heterocycles. The summed E-state index contributed by atoms with van der Waals surface area (Å²) in [6, 6.07) is 7.84. The zero-order valence-electron chi connectivity index (χ0n) is 10.3. The molecule has 0 spiro atoms.